The molecule has 0 N–H and O–H groups in total. The first kappa shape index (κ1) is 29.0. The lowest BCUT2D eigenvalue weighted by Crippen LogP contribution is -2.49. The molecule has 5 rings (SSSR count). The van der Waals surface area contributed by atoms with Crippen LogP contribution in [0, 0.1) is 12.7 Å². The summed E-state index contributed by atoms with van der Waals surface area (Å²) < 4.78 is 19.6. The van der Waals surface area contributed by atoms with E-state index in [-0.39, 0.29) is 43.1 Å². The predicted octanol–water partition coefficient (Wildman–Crippen LogP) is 5.45. The van der Waals surface area contributed by atoms with Gasteiger partial charge in [-0.2, -0.15) is 0 Å². The number of anilines is 1. The fraction of sp³-hybridized carbons (Fsp3) is 0.324. The highest BCUT2D eigenvalue weighted by atomic mass is 19.1. The van der Waals surface area contributed by atoms with E-state index in [4.69, 9.17) is 4.74 Å². The van der Waals surface area contributed by atoms with E-state index in [0.29, 0.717) is 48.7 Å². The highest BCUT2D eigenvalue weighted by Gasteiger charge is 2.37. The van der Waals surface area contributed by atoms with Crippen molar-refractivity contribution in [2.24, 2.45) is 0 Å². The third-order valence-corrected chi connectivity index (χ3v) is 8.06. The molecule has 42 heavy (non-hydrogen) atoms. The summed E-state index contributed by atoms with van der Waals surface area (Å²) in [4.78, 5) is 45.1. The van der Waals surface area contributed by atoms with Crippen molar-refractivity contribution in [1.82, 2.24) is 9.80 Å². The first-order valence-corrected chi connectivity index (χ1v) is 14.4. The molecule has 1 atom stereocenters. The van der Waals surface area contributed by atoms with Gasteiger partial charge in [0.15, 0.2) is 0 Å². The maximum atomic E-state index is 14.2. The molecule has 0 aromatic heterocycles. The monoisotopic (exact) mass is 569 g/mol. The topological polar surface area (TPSA) is 70.2 Å². The van der Waals surface area contributed by atoms with Gasteiger partial charge in [-0.15, -0.1) is 0 Å². The molecule has 7 nitrogen and oxygen atoms in total. The molecule has 3 aromatic rings. The number of rotatable bonds is 7. The third kappa shape index (κ3) is 6.08. The van der Waals surface area contributed by atoms with Gasteiger partial charge in [0.05, 0.1) is 24.4 Å². The maximum Gasteiger partial charge on any atom is 0.336 e. The van der Waals surface area contributed by atoms with E-state index in [1.165, 1.54) is 6.07 Å². The van der Waals surface area contributed by atoms with Crippen molar-refractivity contribution in [2.75, 3.05) is 37.7 Å². The highest BCUT2D eigenvalue weighted by Crippen LogP contribution is 2.38. The number of carbonyl (C=O) groups is 3. The molecule has 0 radical (unpaired) electrons. The molecule has 3 aromatic carbocycles. The molecule has 218 valence electrons. The minimum atomic E-state index is -0.407. The van der Waals surface area contributed by atoms with Gasteiger partial charge in [-0.3, -0.25) is 9.59 Å². The molecule has 2 aliphatic heterocycles. The van der Waals surface area contributed by atoms with Crippen LogP contribution in [0.5, 0.6) is 0 Å². The summed E-state index contributed by atoms with van der Waals surface area (Å²) in [5.74, 6) is -1.18. The van der Waals surface area contributed by atoms with Crippen molar-refractivity contribution in [3.63, 3.8) is 0 Å². The van der Waals surface area contributed by atoms with Crippen molar-refractivity contribution in [1.29, 1.82) is 0 Å². The lowest BCUT2D eigenvalue weighted by Gasteiger charge is -2.36. The number of hydrogen-bond donors (Lipinski definition) is 0. The number of esters is 1. The second-order valence-corrected chi connectivity index (χ2v) is 10.8. The van der Waals surface area contributed by atoms with E-state index in [2.05, 4.69) is 0 Å². The summed E-state index contributed by atoms with van der Waals surface area (Å²) in [7, 11) is 0. The molecular weight excluding hydrogens is 533 g/mol. The molecular formula is C34H36FN3O4. The molecule has 1 saturated heterocycles. The number of hydrogen-bond acceptors (Lipinski definition) is 5. The van der Waals surface area contributed by atoms with Crippen LogP contribution in [-0.2, 0) is 20.9 Å². The van der Waals surface area contributed by atoms with Crippen molar-refractivity contribution in [2.45, 2.75) is 39.7 Å². The first-order valence-electron chi connectivity index (χ1n) is 14.4. The van der Waals surface area contributed by atoms with Crippen LogP contribution >= 0.6 is 0 Å². The van der Waals surface area contributed by atoms with Gasteiger partial charge in [0.1, 0.15) is 5.82 Å². The van der Waals surface area contributed by atoms with E-state index in [0.717, 1.165) is 16.7 Å². The lowest BCUT2D eigenvalue weighted by atomic mass is 9.83. The van der Waals surface area contributed by atoms with E-state index < -0.39 is 5.97 Å². The van der Waals surface area contributed by atoms with Gasteiger partial charge >= 0.3 is 5.97 Å². The summed E-state index contributed by atoms with van der Waals surface area (Å²) in [5.41, 5.74) is 5.03. The molecule has 0 spiro atoms. The quantitative estimate of drug-likeness (QED) is 0.354. The number of carbonyl (C=O) groups excluding carboxylic acids is 3. The molecule has 2 amide bonds. The van der Waals surface area contributed by atoms with Crippen LogP contribution in [0.1, 0.15) is 53.2 Å². The van der Waals surface area contributed by atoms with Crippen LogP contribution in [0.4, 0.5) is 10.1 Å². The van der Waals surface area contributed by atoms with Crippen molar-refractivity contribution < 1.29 is 23.5 Å². The Kier molecular flexibility index (Phi) is 8.71. The fourth-order valence-corrected chi connectivity index (χ4v) is 5.82. The summed E-state index contributed by atoms with van der Waals surface area (Å²) in [6, 6.07) is 21.8. The van der Waals surface area contributed by atoms with Crippen molar-refractivity contribution in [3.05, 3.63) is 112 Å². The Morgan fingerprint density at radius 2 is 1.64 bits per heavy atom. The number of amides is 2. The van der Waals surface area contributed by atoms with Crippen molar-refractivity contribution >= 4 is 23.5 Å². The Morgan fingerprint density at radius 3 is 2.31 bits per heavy atom. The number of piperazine rings is 1. The zero-order valence-electron chi connectivity index (χ0n) is 24.3. The number of para-hydroxylation sites is 1. The minimum absolute atomic E-state index is 0.0695. The van der Waals surface area contributed by atoms with Crippen LogP contribution in [0.3, 0.4) is 0 Å². The zero-order chi connectivity index (χ0) is 29.8. The molecule has 0 saturated carbocycles. The fourth-order valence-electron chi connectivity index (χ4n) is 5.82. The van der Waals surface area contributed by atoms with Gasteiger partial charge in [0, 0.05) is 49.8 Å². The largest absolute Gasteiger partial charge is 0.463 e. The second kappa shape index (κ2) is 12.6. The van der Waals surface area contributed by atoms with Gasteiger partial charge < -0.3 is 19.4 Å². The van der Waals surface area contributed by atoms with Gasteiger partial charge in [-0.25, -0.2) is 9.18 Å². The molecule has 1 unspecified atom stereocenters. The molecule has 2 aliphatic rings. The van der Waals surface area contributed by atoms with Gasteiger partial charge in [-0.05, 0) is 56.2 Å². The Labute approximate surface area is 246 Å². The molecule has 1 fully saturated rings. The smallest absolute Gasteiger partial charge is 0.336 e. The number of aryl methyl sites for hydroxylation is 1. The molecule has 8 heteroatoms. The SMILES string of the molecule is CCOC(=O)C1=C(C)N(Cc2ccc(C(=O)N3CCN(c4ccccc4F)CC3)cc2)C(=O)CC1c1cccc(C)c1. The van der Waals surface area contributed by atoms with Gasteiger partial charge in [0.25, 0.3) is 5.91 Å². The summed E-state index contributed by atoms with van der Waals surface area (Å²) >= 11 is 0. The minimum Gasteiger partial charge on any atom is -0.463 e. The van der Waals surface area contributed by atoms with Crippen LogP contribution in [0.2, 0.25) is 0 Å². The summed E-state index contributed by atoms with van der Waals surface area (Å²) in [6.45, 7) is 8.19. The molecule has 2 heterocycles. The summed E-state index contributed by atoms with van der Waals surface area (Å²) in [6.07, 6.45) is 0.171. The normalized spacial score (nSPS) is 17.5. The van der Waals surface area contributed by atoms with E-state index in [9.17, 15) is 18.8 Å². The van der Waals surface area contributed by atoms with Gasteiger partial charge in [-0.1, -0.05) is 54.1 Å². The number of nitrogens with zero attached hydrogens (tertiary/aromatic N) is 3. The van der Waals surface area contributed by atoms with E-state index in [1.807, 2.05) is 54.3 Å². The Hall–Kier alpha value is -4.46. The second-order valence-electron chi connectivity index (χ2n) is 10.8. The maximum absolute atomic E-state index is 14.2. The van der Waals surface area contributed by atoms with Gasteiger partial charge in [0.2, 0.25) is 5.91 Å². The first-order chi connectivity index (χ1) is 20.3. The third-order valence-electron chi connectivity index (χ3n) is 8.06. The number of halogens is 1. The van der Waals surface area contributed by atoms with Crippen LogP contribution < -0.4 is 4.90 Å². The average molecular weight is 570 g/mol. The highest BCUT2D eigenvalue weighted by molar-refractivity contribution is 5.96. The van der Waals surface area contributed by atoms with Crippen molar-refractivity contribution in [3.8, 4) is 0 Å². The van der Waals surface area contributed by atoms with E-state index >= 15 is 0 Å². The lowest BCUT2D eigenvalue weighted by molar-refractivity contribution is -0.140. The standard InChI is InChI=1S/C34H36FN3O4/c1-4-42-34(41)32-24(3)38(31(39)21-28(32)27-9-7-8-23(2)20-27)22-25-12-14-26(15-13-25)33(40)37-18-16-36(17-19-37)30-11-6-5-10-29(30)35/h5-15,20,28H,4,16-19,21-22H2,1-3H3. The number of benzene rings is 3. The average Bonchev–Trinajstić information content (AvgIpc) is 2.99. The molecule has 0 bridgehead atoms. The number of ether oxygens (including phenoxy) is 1. The Morgan fingerprint density at radius 1 is 0.929 bits per heavy atom. The predicted molar refractivity (Wildman–Crippen MR) is 159 cm³/mol. The zero-order valence-corrected chi connectivity index (χ0v) is 24.3. The van der Waals surface area contributed by atoms with Crippen LogP contribution in [0.25, 0.3) is 0 Å². The van der Waals surface area contributed by atoms with Crippen LogP contribution in [-0.4, -0.2) is 60.4 Å². The number of allylic oxidation sites excluding steroid dienone is 1. The van der Waals surface area contributed by atoms with E-state index in [1.54, 1.807) is 47.9 Å². The van der Waals surface area contributed by atoms with Crippen LogP contribution in [0.15, 0.2) is 84.1 Å². The summed E-state index contributed by atoms with van der Waals surface area (Å²) in [5, 5.41) is 0. The molecule has 0 aliphatic carbocycles. The Balaban J connectivity index is 1.29. The Bertz CT molecular complexity index is 1510.